The molecular weight excluding hydrogens is 252 g/mol. The van der Waals surface area contributed by atoms with E-state index in [-0.39, 0.29) is 0 Å². The van der Waals surface area contributed by atoms with Crippen molar-refractivity contribution in [3.05, 3.63) is 17.8 Å². The number of hydrogen-bond donors (Lipinski definition) is 2. The number of nitrogen functional groups attached to an aromatic ring is 1. The lowest BCUT2D eigenvalue weighted by Crippen LogP contribution is -2.37. The molecule has 2 rings (SSSR count). The van der Waals surface area contributed by atoms with Crippen LogP contribution in [-0.4, -0.2) is 24.0 Å². The van der Waals surface area contributed by atoms with Crippen LogP contribution in [0, 0.1) is 5.41 Å². The maximum atomic E-state index is 11.4. The van der Waals surface area contributed by atoms with Crippen LogP contribution in [0.4, 0.5) is 11.5 Å². The third kappa shape index (κ3) is 3.03. The van der Waals surface area contributed by atoms with E-state index < -0.39 is 5.91 Å². The van der Waals surface area contributed by atoms with Crippen LogP contribution in [0.3, 0.4) is 0 Å². The Balaban J connectivity index is 2.15. The molecule has 1 aromatic heterocycles. The van der Waals surface area contributed by atoms with Gasteiger partial charge in [0.1, 0.15) is 5.82 Å². The van der Waals surface area contributed by atoms with Gasteiger partial charge in [-0.1, -0.05) is 13.8 Å². The molecule has 1 heterocycles. The fraction of sp³-hybridized carbons (Fsp3) is 0.600. The molecule has 1 amide bonds. The minimum atomic E-state index is -0.510. The van der Waals surface area contributed by atoms with E-state index in [1.54, 1.807) is 6.07 Å². The molecule has 1 aliphatic carbocycles. The van der Waals surface area contributed by atoms with Crippen molar-refractivity contribution in [1.82, 2.24) is 4.98 Å². The average Bonchev–Trinajstić information content (AvgIpc) is 2.38. The molecule has 4 N–H and O–H groups in total. The van der Waals surface area contributed by atoms with Crippen LogP contribution < -0.4 is 16.4 Å². The number of hydrogen-bond acceptors (Lipinski definition) is 4. The summed E-state index contributed by atoms with van der Waals surface area (Å²) in [7, 11) is 2.02. The summed E-state index contributed by atoms with van der Waals surface area (Å²) in [4.78, 5) is 17.8. The van der Waals surface area contributed by atoms with Gasteiger partial charge in [-0.25, -0.2) is 4.98 Å². The highest BCUT2D eigenvalue weighted by Crippen LogP contribution is 2.37. The number of anilines is 2. The average molecular weight is 276 g/mol. The number of aromatic nitrogens is 1. The summed E-state index contributed by atoms with van der Waals surface area (Å²) in [6, 6.07) is 2.15. The van der Waals surface area contributed by atoms with E-state index in [9.17, 15) is 4.79 Å². The van der Waals surface area contributed by atoms with Gasteiger partial charge in [-0.3, -0.25) is 4.79 Å². The number of carbonyl (C=O) groups excluding carboxylic acids is 1. The van der Waals surface area contributed by atoms with E-state index in [1.807, 2.05) is 7.05 Å². The maximum Gasteiger partial charge on any atom is 0.250 e. The number of carbonyl (C=O) groups is 1. The Morgan fingerprint density at radius 2 is 2.00 bits per heavy atom. The summed E-state index contributed by atoms with van der Waals surface area (Å²) >= 11 is 0. The smallest absolute Gasteiger partial charge is 0.250 e. The highest BCUT2D eigenvalue weighted by atomic mass is 16.1. The van der Waals surface area contributed by atoms with Gasteiger partial charge in [-0.15, -0.1) is 0 Å². The van der Waals surface area contributed by atoms with Crippen molar-refractivity contribution in [2.75, 3.05) is 17.7 Å². The third-order valence-corrected chi connectivity index (χ3v) is 4.40. The van der Waals surface area contributed by atoms with Crippen LogP contribution in [0.5, 0.6) is 0 Å². The standard InChI is InChI=1S/C15H24N4O/c1-15(2)6-4-10(5-7-15)19(3)13-8-11(14(17)20)12(16)9-18-13/h8-10H,4-7,16H2,1-3H3,(H2,17,20). The molecule has 0 unspecified atom stereocenters. The second-order valence-electron chi connectivity index (χ2n) is 6.50. The van der Waals surface area contributed by atoms with E-state index in [0.29, 0.717) is 22.7 Å². The molecule has 1 aliphatic rings. The SMILES string of the molecule is CN(c1cc(C(N)=O)c(N)cn1)C1CCC(C)(C)CC1. The fourth-order valence-corrected chi connectivity index (χ4v) is 2.82. The predicted octanol–water partition coefficient (Wildman–Crippen LogP) is 2.17. The van der Waals surface area contributed by atoms with Crippen LogP contribution in [0.15, 0.2) is 12.3 Å². The number of nitrogens with zero attached hydrogens (tertiary/aromatic N) is 2. The predicted molar refractivity (Wildman–Crippen MR) is 81.6 cm³/mol. The van der Waals surface area contributed by atoms with Crippen LogP contribution >= 0.6 is 0 Å². The van der Waals surface area contributed by atoms with Crippen molar-refractivity contribution in [2.24, 2.45) is 11.1 Å². The molecule has 5 heteroatoms. The maximum absolute atomic E-state index is 11.4. The van der Waals surface area contributed by atoms with Crippen molar-refractivity contribution in [3.63, 3.8) is 0 Å². The molecule has 0 bridgehead atoms. The normalized spacial score (nSPS) is 18.8. The van der Waals surface area contributed by atoms with Gasteiger partial charge in [0.25, 0.3) is 5.91 Å². The summed E-state index contributed by atoms with van der Waals surface area (Å²) in [5, 5.41) is 0. The number of rotatable bonds is 3. The number of nitrogens with two attached hydrogens (primary N) is 2. The van der Waals surface area contributed by atoms with E-state index in [4.69, 9.17) is 11.5 Å². The van der Waals surface area contributed by atoms with Crippen LogP contribution in [0.25, 0.3) is 0 Å². The zero-order valence-electron chi connectivity index (χ0n) is 12.5. The summed E-state index contributed by atoms with van der Waals surface area (Å²) < 4.78 is 0. The summed E-state index contributed by atoms with van der Waals surface area (Å²) in [5.74, 6) is 0.252. The molecule has 1 saturated carbocycles. The monoisotopic (exact) mass is 276 g/mol. The summed E-state index contributed by atoms with van der Waals surface area (Å²) in [5.41, 5.74) is 12.2. The quantitative estimate of drug-likeness (QED) is 0.886. The summed E-state index contributed by atoms with van der Waals surface area (Å²) in [6.07, 6.45) is 6.21. The van der Waals surface area contributed by atoms with Crippen LogP contribution in [0.1, 0.15) is 49.9 Å². The zero-order valence-corrected chi connectivity index (χ0v) is 12.5. The van der Waals surface area contributed by atoms with Gasteiger partial charge in [0.15, 0.2) is 0 Å². The van der Waals surface area contributed by atoms with Gasteiger partial charge in [0, 0.05) is 13.1 Å². The molecule has 20 heavy (non-hydrogen) atoms. The van der Waals surface area contributed by atoms with Gasteiger partial charge in [-0.05, 0) is 37.2 Å². The van der Waals surface area contributed by atoms with Gasteiger partial charge in [0.2, 0.25) is 0 Å². The van der Waals surface area contributed by atoms with E-state index in [2.05, 4.69) is 23.7 Å². The lowest BCUT2D eigenvalue weighted by atomic mass is 9.75. The first-order valence-corrected chi connectivity index (χ1v) is 7.08. The molecule has 0 aliphatic heterocycles. The van der Waals surface area contributed by atoms with Crippen molar-refractivity contribution >= 4 is 17.4 Å². The lowest BCUT2D eigenvalue weighted by molar-refractivity contribution is 0.100. The van der Waals surface area contributed by atoms with E-state index in [0.717, 1.165) is 18.7 Å². The van der Waals surface area contributed by atoms with Crippen molar-refractivity contribution in [2.45, 2.75) is 45.6 Å². The Kier molecular flexibility index (Phi) is 3.88. The van der Waals surface area contributed by atoms with Gasteiger partial charge in [-0.2, -0.15) is 0 Å². The molecule has 0 saturated heterocycles. The summed E-state index contributed by atoms with van der Waals surface area (Å²) in [6.45, 7) is 4.63. The fourth-order valence-electron chi connectivity index (χ4n) is 2.82. The van der Waals surface area contributed by atoms with E-state index >= 15 is 0 Å². The molecule has 110 valence electrons. The lowest BCUT2D eigenvalue weighted by Gasteiger charge is -2.39. The Morgan fingerprint density at radius 3 is 2.55 bits per heavy atom. The Morgan fingerprint density at radius 1 is 1.40 bits per heavy atom. The number of amides is 1. The minimum Gasteiger partial charge on any atom is -0.397 e. The second kappa shape index (κ2) is 5.31. The number of pyridine rings is 1. The first kappa shape index (κ1) is 14.6. The van der Waals surface area contributed by atoms with Crippen LogP contribution in [-0.2, 0) is 0 Å². The molecule has 0 radical (unpaired) electrons. The van der Waals surface area contributed by atoms with Crippen molar-refractivity contribution in [3.8, 4) is 0 Å². The highest BCUT2D eigenvalue weighted by molar-refractivity contribution is 5.98. The molecular formula is C15H24N4O. The Hall–Kier alpha value is -1.78. The topological polar surface area (TPSA) is 85.2 Å². The van der Waals surface area contributed by atoms with E-state index in [1.165, 1.54) is 19.0 Å². The van der Waals surface area contributed by atoms with Crippen molar-refractivity contribution < 1.29 is 4.79 Å². The van der Waals surface area contributed by atoms with Crippen molar-refractivity contribution in [1.29, 1.82) is 0 Å². The molecule has 0 spiro atoms. The second-order valence-corrected chi connectivity index (χ2v) is 6.50. The molecule has 0 atom stereocenters. The minimum absolute atomic E-state index is 0.333. The van der Waals surface area contributed by atoms with Crippen LogP contribution in [0.2, 0.25) is 0 Å². The molecule has 1 fully saturated rings. The highest BCUT2D eigenvalue weighted by Gasteiger charge is 2.29. The zero-order chi connectivity index (χ0) is 14.9. The Labute approximate surface area is 120 Å². The van der Waals surface area contributed by atoms with Gasteiger partial charge < -0.3 is 16.4 Å². The van der Waals surface area contributed by atoms with Gasteiger partial charge in [0.05, 0.1) is 17.4 Å². The largest absolute Gasteiger partial charge is 0.397 e. The van der Waals surface area contributed by atoms with Gasteiger partial charge >= 0.3 is 0 Å². The number of primary amides is 1. The first-order valence-electron chi connectivity index (χ1n) is 7.08. The first-order chi connectivity index (χ1) is 9.30. The Bertz CT molecular complexity index is 503. The molecule has 0 aromatic carbocycles. The molecule has 1 aromatic rings. The molecule has 5 nitrogen and oxygen atoms in total. The third-order valence-electron chi connectivity index (χ3n) is 4.40.